The van der Waals surface area contributed by atoms with E-state index < -0.39 is 6.04 Å². The van der Waals surface area contributed by atoms with E-state index >= 15 is 0 Å². The average molecular weight is 293 g/mol. The second-order valence-electron chi connectivity index (χ2n) is 4.19. The fourth-order valence-electron chi connectivity index (χ4n) is 2.01. The van der Waals surface area contributed by atoms with Gasteiger partial charge < -0.3 is 4.42 Å². The maximum Gasteiger partial charge on any atom is 0.250 e. The molecule has 0 unspecified atom stereocenters. The molecule has 19 heavy (non-hydrogen) atoms. The van der Waals surface area contributed by atoms with E-state index in [1.54, 1.807) is 42.1 Å². The van der Waals surface area contributed by atoms with Crippen molar-refractivity contribution in [1.82, 2.24) is 0 Å². The summed E-state index contributed by atoms with van der Waals surface area (Å²) in [5.74, 6) is 0. The summed E-state index contributed by atoms with van der Waals surface area (Å²) >= 11 is 3.18. The third-order valence-electron chi connectivity index (χ3n) is 2.98. The van der Waals surface area contributed by atoms with Gasteiger partial charge in [-0.25, -0.2) is 0 Å². The molecule has 1 aromatic heterocycles. The van der Waals surface area contributed by atoms with Crippen LogP contribution < -0.4 is 0 Å². The van der Waals surface area contributed by atoms with Gasteiger partial charge in [-0.3, -0.25) is 10.1 Å². The van der Waals surface area contributed by atoms with Crippen molar-refractivity contribution in [2.45, 2.75) is 20.8 Å². The van der Waals surface area contributed by atoms with Gasteiger partial charge in [0.1, 0.15) is 9.83 Å². The fourth-order valence-corrected chi connectivity index (χ4v) is 5.15. The monoisotopic (exact) mass is 293 g/mol. The third-order valence-corrected chi connectivity index (χ3v) is 6.05. The average Bonchev–Trinajstić information content (AvgIpc) is 2.87. The first-order valence-corrected chi connectivity index (χ1v) is 7.61. The van der Waals surface area contributed by atoms with Crippen LogP contribution in [0.15, 0.2) is 58.2 Å². The number of benzene rings is 1. The van der Waals surface area contributed by atoms with Gasteiger partial charge in [-0.2, -0.15) is 0 Å². The standard InChI is InChI=1S/C13H11NO3S2/c15-14(16)11-12(9-6-7-17-8-9)19-13(11)18-10-4-2-1-3-5-10/h1-8,11-13H/t11-,12-,13-/m1/s1. The van der Waals surface area contributed by atoms with Crippen molar-refractivity contribution in [2.24, 2.45) is 0 Å². The minimum atomic E-state index is -0.562. The molecule has 0 aliphatic carbocycles. The van der Waals surface area contributed by atoms with Crippen LogP contribution >= 0.6 is 23.5 Å². The SMILES string of the molecule is O=[N+]([O-])[C@H]1[C@H](Sc2ccccc2)S[C@@H]1c1ccoc1. The lowest BCUT2D eigenvalue weighted by molar-refractivity contribution is -0.522. The molecule has 0 bridgehead atoms. The summed E-state index contributed by atoms with van der Waals surface area (Å²) in [4.78, 5) is 12.1. The number of nitro groups is 1. The van der Waals surface area contributed by atoms with Crippen molar-refractivity contribution in [3.05, 3.63) is 64.6 Å². The van der Waals surface area contributed by atoms with Crippen LogP contribution in [0.25, 0.3) is 0 Å². The van der Waals surface area contributed by atoms with Crippen LogP contribution in [-0.4, -0.2) is 15.5 Å². The summed E-state index contributed by atoms with van der Waals surface area (Å²) in [6.45, 7) is 0. The second-order valence-corrected chi connectivity index (χ2v) is 6.99. The largest absolute Gasteiger partial charge is 0.472 e. The molecule has 0 amide bonds. The molecule has 0 N–H and O–H groups in total. The van der Waals surface area contributed by atoms with Crippen molar-refractivity contribution in [1.29, 1.82) is 0 Å². The molecule has 3 atom stereocenters. The van der Waals surface area contributed by atoms with Crippen molar-refractivity contribution >= 4 is 23.5 Å². The van der Waals surface area contributed by atoms with E-state index in [1.807, 2.05) is 30.3 Å². The Morgan fingerprint density at radius 2 is 2.05 bits per heavy atom. The summed E-state index contributed by atoms with van der Waals surface area (Å²) in [5, 5.41) is 11.1. The third kappa shape index (κ3) is 2.50. The van der Waals surface area contributed by atoms with Crippen LogP contribution in [0.3, 0.4) is 0 Å². The van der Waals surface area contributed by atoms with Crippen molar-refractivity contribution in [3.63, 3.8) is 0 Å². The van der Waals surface area contributed by atoms with E-state index in [1.165, 1.54) is 0 Å². The van der Waals surface area contributed by atoms with Crippen LogP contribution in [0.4, 0.5) is 0 Å². The highest BCUT2D eigenvalue weighted by molar-refractivity contribution is 8.18. The van der Waals surface area contributed by atoms with Gasteiger partial charge in [0.2, 0.25) is 6.04 Å². The second kappa shape index (κ2) is 5.30. The van der Waals surface area contributed by atoms with Gasteiger partial charge in [-0.15, -0.1) is 23.5 Å². The van der Waals surface area contributed by atoms with E-state index in [0.29, 0.717) is 0 Å². The fraction of sp³-hybridized carbons (Fsp3) is 0.231. The van der Waals surface area contributed by atoms with Gasteiger partial charge in [0.05, 0.1) is 12.5 Å². The van der Waals surface area contributed by atoms with Gasteiger partial charge in [0.15, 0.2) is 0 Å². The summed E-state index contributed by atoms with van der Waals surface area (Å²) in [6, 6.07) is 11.0. The predicted octanol–water partition coefficient (Wildman–Crippen LogP) is 3.83. The van der Waals surface area contributed by atoms with Crippen LogP contribution in [0.1, 0.15) is 10.8 Å². The van der Waals surface area contributed by atoms with E-state index in [2.05, 4.69) is 0 Å². The van der Waals surface area contributed by atoms with Gasteiger partial charge in [0.25, 0.3) is 0 Å². The summed E-state index contributed by atoms with van der Waals surface area (Å²) in [5.41, 5.74) is 0.900. The highest BCUT2D eigenvalue weighted by Gasteiger charge is 2.52. The summed E-state index contributed by atoms with van der Waals surface area (Å²) in [6.07, 6.45) is 3.15. The molecule has 6 heteroatoms. The molecular formula is C13H11NO3S2. The van der Waals surface area contributed by atoms with Gasteiger partial charge in [-0.1, -0.05) is 18.2 Å². The quantitative estimate of drug-likeness (QED) is 0.633. The highest BCUT2D eigenvalue weighted by atomic mass is 32.2. The van der Waals surface area contributed by atoms with Gasteiger partial charge in [0, 0.05) is 15.4 Å². The van der Waals surface area contributed by atoms with Gasteiger partial charge in [-0.05, 0) is 18.2 Å². The Labute approximate surface area is 118 Å². The van der Waals surface area contributed by atoms with Crippen LogP contribution in [0.5, 0.6) is 0 Å². The number of rotatable bonds is 4. The number of hydrogen-bond donors (Lipinski definition) is 0. The Hall–Kier alpha value is -1.40. The molecule has 1 aliphatic rings. The maximum atomic E-state index is 11.2. The molecule has 1 fully saturated rings. The molecular weight excluding hydrogens is 282 g/mol. The van der Waals surface area contributed by atoms with E-state index in [4.69, 9.17) is 4.42 Å². The lowest BCUT2D eigenvalue weighted by Gasteiger charge is -2.36. The molecule has 3 rings (SSSR count). The Bertz CT molecular complexity index is 559. The molecule has 2 aromatic rings. The van der Waals surface area contributed by atoms with Crippen LogP contribution in [-0.2, 0) is 0 Å². The zero-order valence-corrected chi connectivity index (χ0v) is 11.5. The normalized spacial score (nSPS) is 25.8. The minimum absolute atomic E-state index is 0.0442. The lowest BCUT2D eigenvalue weighted by atomic mass is 10.1. The maximum absolute atomic E-state index is 11.2. The number of furan rings is 1. The minimum Gasteiger partial charge on any atom is -0.472 e. The Morgan fingerprint density at radius 1 is 1.26 bits per heavy atom. The summed E-state index contributed by atoms with van der Waals surface area (Å²) in [7, 11) is 0. The first-order valence-electron chi connectivity index (χ1n) is 5.78. The molecule has 0 saturated carbocycles. The van der Waals surface area contributed by atoms with Crippen molar-refractivity contribution in [3.8, 4) is 0 Å². The molecule has 2 heterocycles. The van der Waals surface area contributed by atoms with E-state index in [-0.39, 0.29) is 14.8 Å². The number of hydrogen-bond acceptors (Lipinski definition) is 5. The smallest absolute Gasteiger partial charge is 0.250 e. The van der Waals surface area contributed by atoms with Crippen LogP contribution in [0, 0.1) is 10.1 Å². The summed E-state index contributed by atoms with van der Waals surface area (Å²) < 4.78 is 4.97. The first kappa shape index (κ1) is 12.6. The number of thioether (sulfide) groups is 2. The Morgan fingerprint density at radius 3 is 2.68 bits per heavy atom. The topological polar surface area (TPSA) is 56.3 Å². The zero-order valence-electron chi connectivity index (χ0n) is 9.84. The highest BCUT2D eigenvalue weighted by Crippen LogP contribution is 2.55. The van der Waals surface area contributed by atoms with Crippen molar-refractivity contribution in [2.75, 3.05) is 0 Å². The lowest BCUT2D eigenvalue weighted by Crippen LogP contribution is -2.43. The van der Waals surface area contributed by atoms with Crippen molar-refractivity contribution < 1.29 is 9.34 Å². The van der Waals surface area contributed by atoms with E-state index in [0.717, 1.165) is 10.5 Å². The van der Waals surface area contributed by atoms with E-state index in [9.17, 15) is 10.1 Å². The van der Waals surface area contributed by atoms with Crippen LogP contribution in [0.2, 0.25) is 0 Å². The first-order chi connectivity index (χ1) is 9.25. The Balaban J connectivity index is 1.73. The Kier molecular flexibility index (Phi) is 3.52. The molecule has 0 spiro atoms. The molecule has 98 valence electrons. The van der Waals surface area contributed by atoms with Gasteiger partial charge >= 0.3 is 0 Å². The molecule has 0 radical (unpaired) electrons. The zero-order chi connectivity index (χ0) is 13.2. The molecule has 1 aliphatic heterocycles. The predicted molar refractivity (Wildman–Crippen MR) is 75.9 cm³/mol. The molecule has 1 saturated heterocycles. The number of nitrogens with zero attached hydrogens (tertiary/aromatic N) is 1. The molecule has 1 aromatic carbocycles. The molecule has 4 nitrogen and oxygen atoms in total.